The summed E-state index contributed by atoms with van der Waals surface area (Å²) in [5.41, 5.74) is 4.53. The summed E-state index contributed by atoms with van der Waals surface area (Å²) in [5, 5.41) is 0. The number of aryl methyl sites for hydroxylation is 1. The Bertz CT molecular complexity index is 1040. The van der Waals surface area contributed by atoms with Gasteiger partial charge in [-0.3, -0.25) is 9.69 Å². The average molecular weight is 421 g/mol. The monoisotopic (exact) mass is 420 g/mol. The second-order valence-electron chi connectivity index (χ2n) is 8.72. The molecule has 0 radical (unpaired) electrons. The van der Waals surface area contributed by atoms with E-state index >= 15 is 0 Å². The molecule has 5 rings (SSSR count). The van der Waals surface area contributed by atoms with Crippen molar-refractivity contribution in [1.29, 1.82) is 0 Å². The minimum absolute atomic E-state index is 0.0664. The average Bonchev–Trinajstić information content (AvgIpc) is 3.38. The standard InChI is InChI=1S/C25H28N2O4/c1-16-11-21-20(14-27(15-30-21)13-19-5-4-10-29-19)25-23(16)24(28)22(31-25)12-17-6-8-18(9-7-17)26(2)3/h6-9,11-12,19H,4-5,10,13-15H2,1-3H3/b22-12-. The van der Waals surface area contributed by atoms with Crippen molar-refractivity contribution in [1.82, 2.24) is 4.90 Å². The number of Topliss-reactive ketones (excluding diaryl/α,β-unsaturated/α-hetero) is 1. The lowest BCUT2D eigenvalue weighted by Gasteiger charge is -2.31. The molecule has 0 bridgehead atoms. The fourth-order valence-electron chi connectivity index (χ4n) is 4.49. The number of carbonyl (C=O) groups is 1. The number of ketones is 1. The molecular weight excluding hydrogens is 392 g/mol. The van der Waals surface area contributed by atoms with Crippen molar-refractivity contribution in [3.8, 4) is 11.5 Å². The third-order valence-electron chi connectivity index (χ3n) is 6.18. The Balaban J connectivity index is 1.42. The molecule has 162 valence electrons. The first-order chi connectivity index (χ1) is 15.0. The van der Waals surface area contributed by atoms with E-state index in [1.54, 1.807) is 0 Å². The van der Waals surface area contributed by atoms with E-state index in [2.05, 4.69) is 4.90 Å². The van der Waals surface area contributed by atoms with Crippen molar-refractivity contribution in [3.05, 3.63) is 58.3 Å². The molecule has 0 amide bonds. The van der Waals surface area contributed by atoms with E-state index in [-0.39, 0.29) is 11.9 Å². The minimum atomic E-state index is -0.0664. The number of anilines is 1. The Kier molecular flexibility index (Phi) is 5.20. The summed E-state index contributed by atoms with van der Waals surface area (Å²) in [7, 11) is 4.01. The number of carbonyl (C=O) groups excluding carboxylic acids is 1. The minimum Gasteiger partial charge on any atom is -0.478 e. The first-order valence-corrected chi connectivity index (χ1v) is 10.8. The molecule has 0 N–H and O–H groups in total. The van der Waals surface area contributed by atoms with Crippen LogP contribution in [0.4, 0.5) is 5.69 Å². The molecule has 1 fully saturated rings. The van der Waals surface area contributed by atoms with Crippen LogP contribution in [-0.4, -0.2) is 50.8 Å². The fraction of sp³-hybridized carbons (Fsp3) is 0.400. The van der Waals surface area contributed by atoms with Crippen LogP contribution in [0.5, 0.6) is 11.5 Å². The maximum Gasteiger partial charge on any atom is 0.232 e. The van der Waals surface area contributed by atoms with Gasteiger partial charge in [0.15, 0.2) is 5.76 Å². The predicted octanol–water partition coefficient (Wildman–Crippen LogP) is 4.01. The van der Waals surface area contributed by atoms with Crippen molar-refractivity contribution in [2.24, 2.45) is 0 Å². The van der Waals surface area contributed by atoms with Gasteiger partial charge in [-0.1, -0.05) is 12.1 Å². The number of fused-ring (bicyclic) bond motifs is 3. The molecule has 6 heteroatoms. The molecule has 0 aromatic heterocycles. The summed E-state index contributed by atoms with van der Waals surface area (Å²) in [6, 6.07) is 10.0. The Labute approximate surface area is 183 Å². The molecule has 1 atom stereocenters. The highest BCUT2D eigenvalue weighted by Crippen LogP contribution is 2.44. The first kappa shape index (κ1) is 20.1. The number of rotatable bonds is 4. The molecular formula is C25H28N2O4. The summed E-state index contributed by atoms with van der Waals surface area (Å²) >= 11 is 0. The van der Waals surface area contributed by atoms with Gasteiger partial charge in [-0.2, -0.15) is 0 Å². The van der Waals surface area contributed by atoms with Crippen molar-refractivity contribution >= 4 is 17.5 Å². The largest absolute Gasteiger partial charge is 0.478 e. The lowest BCUT2D eigenvalue weighted by Crippen LogP contribution is -2.37. The molecule has 1 saturated heterocycles. The zero-order valence-electron chi connectivity index (χ0n) is 18.3. The maximum absolute atomic E-state index is 13.2. The molecule has 31 heavy (non-hydrogen) atoms. The van der Waals surface area contributed by atoms with Gasteiger partial charge >= 0.3 is 0 Å². The molecule has 0 saturated carbocycles. The molecule has 2 aromatic rings. The number of allylic oxidation sites excluding steroid dienone is 1. The molecule has 0 spiro atoms. The summed E-state index contributed by atoms with van der Waals surface area (Å²) in [4.78, 5) is 17.4. The first-order valence-electron chi connectivity index (χ1n) is 10.8. The molecule has 3 aliphatic rings. The summed E-state index contributed by atoms with van der Waals surface area (Å²) in [6.07, 6.45) is 4.28. The lowest BCUT2D eigenvalue weighted by atomic mass is 9.98. The molecule has 6 nitrogen and oxygen atoms in total. The molecule has 2 aromatic carbocycles. The van der Waals surface area contributed by atoms with Crippen LogP contribution in [-0.2, 0) is 11.3 Å². The third-order valence-corrected chi connectivity index (χ3v) is 6.18. The van der Waals surface area contributed by atoms with Crippen LogP contribution in [0.3, 0.4) is 0 Å². The van der Waals surface area contributed by atoms with Gasteiger partial charge < -0.3 is 19.1 Å². The topological polar surface area (TPSA) is 51.2 Å². The lowest BCUT2D eigenvalue weighted by molar-refractivity contribution is 0.0273. The van der Waals surface area contributed by atoms with Gasteiger partial charge in [-0.25, -0.2) is 0 Å². The Hall–Kier alpha value is -2.83. The van der Waals surface area contributed by atoms with E-state index < -0.39 is 0 Å². The normalized spacial score (nSPS) is 21.6. The highest BCUT2D eigenvalue weighted by Gasteiger charge is 2.36. The van der Waals surface area contributed by atoms with Crippen LogP contribution in [0.15, 0.2) is 36.1 Å². The summed E-state index contributed by atoms with van der Waals surface area (Å²) in [6.45, 7) is 4.83. The Morgan fingerprint density at radius 3 is 2.74 bits per heavy atom. The van der Waals surface area contributed by atoms with E-state index in [1.807, 2.05) is 62.3 Å². The zero-order chi connectivity index (χ0) is 21.5. The van der Waals surface area contributed by atoms with Crippen LogP contribution in [0.2, 0.25) is 0 Å². The second-order valence-corrected chi connectivity index (χ2v) is 8.72. The molecule has 1 unspecified atom stereocenters. The van der Waals surface area contributed by atoms with E-state index in [0.29, 0.717) is 30.3 Å². The van der Waals surface area contributed by atoms with Crippen LogP contribution < -0.4 is 14.4 Å². The van der Waals surface area contributed by atoms with Gasteiger partial charge in [0.05, 0.1) is 17.2 Å². The van der Waals surface area contributed by atoms with Gasteiger partial charge in [0.2, 0.25) is 5.78 Å². The Morgan fingerprint density at radius 2 is 2.03 bits per heavy atom. The van der Waals surface area contributed by atoms with Gasteiger partial charge in [-0.05, 0) is 55.2 Å². The van der Waals surface area contributed by atoms with E-state index in [4.69, 9.17) is 14.2 Å². The van der Waals surface area contributed by atoms with E-state index in [1.165, 1.54) is 0 Å². The van der Waals surface area contributed by atoms with Crippen molar-refractivity contribution in [2.75, 3.05) is 38.9 Å². The maximum atomic E-state index is 13.2. The highest BCUT2D eigenvalue weighted by molar-refractivity contribution is 6.15. The van der Waals surface area contributed by atoms with Crippen molar-refractivity contribution < 1.29 is 19.0 Å². The number of benzene rings is 2. The summed E-state index contributed by atoms with van der Waals surface area (Å²) in [5.74, 6) is 1.75. The number of nitrogens with zero attached hydrogens (tertiary/aromatic N) is 2. The number of hydrogen-bond acceptors (Lipinski definition) is 6. The van der Waals surface area contributed by atoms with Crippen LogP contribution >= 0.6 is 0 Å². The van der Waals surface area contributed by atoms with E-state index in [9.17, 15) is 4.79 Å². The second kappa shape index (κ2) is 8.02. The van der Waals surface area contributed by atoms with Gasteiger partial charge in [0.1, 0.15) is 18.2 Å². The van der Waals surface area contributed by atoms with Crippen LogP contribution in [0.1, 0.15) is 39.9 Å². The smallest absolute Gasteiger partial charge is 0.232 e. The Morgan fingerprint density at radius 1 is 1.23 bits per heavy atom. The van der Waals surface area contributed by atoms with Crippen LogP contribution in [0.25, 0.3) is 6.08 Å². The van der Waals surface area contributed by atoms with Crippen molar-refractivity contribution in [2.45, 2.75) is 32.4 Å². The van der Waals surface area contributed by atoms with Crippen molar-refractivity contribution in [3.63, 3.8) is 0 Å². The van der Waals surface area contributed by atoms with Gasteiger partial charge in [0.25, 0.3) is 0 Å². The predicted molar refractivity (Wildman–Crippen MR) is 120 cm³/mol. The fourth-order valence-corrected chi connectivity index (χ4v) is 4.49. The molecule has 0 aliphatic carbocycles. The number of ether oxygens (including phenoxy) is 3. The van der Waals surface area contributed by atoms with Gasteiger partial charge in [0, 0.05) is 39.5 Å². The van der Waals surface area contributed by atoms with Crippen LogP contribution in [0, 0.1) is 6.92 Å². The SMILES string of the molecule is Cc1cc2c(c3c1C(=O)/C(=C/c1ccc(N(C)C)cc1)O3)CN(CC1CCCO1)CO2. The number of hydrogen-bond donors (Lipinski definition) is 0. The molecule has 3 aliphatic heterocycles. The highest BCUT2D eigenvalue weighted by atomic mass is 16.5. The van der Waals surface area contributed by atoms with E-state index in [0.717, 1.165) is 54.1 Å². The third kappa shape index (κ3) is 3.82. The van der Waals surface area contributed by atoms with Gasteiger partial charge in [-0.15, -0.1) is 0 Å². The molecule has 3 heterocycles. The summed E-state index contributed by atoms with van der Waals surface area (Å²) < 4.78 is 18.0. The quantitative estimate of drug-likeness (QED) is 0.697. The zero-order valence-corrected chi connectivity index (χ0v) is 18.3.